The maximum absolute atomic E-state index is 14.6. The SMILES string of the molecule is CCCn1cc(Oc2c(F)cc(COc3cc4n(c(=O)n3)C[C@H]3COCCN43)cc2F)cn1. The molecule has 0 N–H and O–H groups in total. The summed E-state index contributed by atoms with van der Waals surface area (Å²) in [5, 5.41) is 4.08. The summed E-state index contributed by atoms with van der Waals surface area (Å²) < 4.78 is 48.8. The number of fused-ring (bicyclic) bond motifs is 3. The van der Waals surface area contributed by atoms with Crippen LogP contribution >= 0.6 is 0 Å². The molecule has 9 nitrogen and oxygen atoms in total. The number of ether oxygens (including phenoxy) is 3. The number of hydrogen-bond acceptors (Lipinski definition) is 7. The Balaban J connectivity index is 1.29. The van der Waals surface area contributed by atoms with Crippen LogP contribution in [-0.2, 0) is 24.4 Å². The molecule has 3 aromatic rings. The van der Waals surface area contributed by atoms with E-state index in [0.717, 1.165) is 18.6 Å². The van der Waals surface area contributed by atoms with E-state index in [0.29, 0.717) is 38.7 Å². The molecule has 1 aromatic carbocycles. The van der Waals surface area contributed by atoms with Crippen LogP contribution in [0.25, 0.3) is 0 Å². The summed E-state index contributed by atoms with van der Waals surface area (Å²) >= 11 is 0. The molecule has 0 radical (unpaired) electrons. The van der Waals surface area contributed by atoms with Crippen molar-refractivity contribution in [2.45, 2.75) is 39.1 Å². The average Bonchev–Trinajstić information content (AvgIpc) is 3.40. The first kappa shape index (κ1) is 21.4. The van der Waals surface area contributed by atoms with Gasteiger partial charge in [-0.1, -0.05) is 6.92 Å². The predicted octanol–water partition coefficient (Wildman–Crippen LogP) is 2.72. The Kier molecular flexibility index (Phi) is 5.71. The van der Waals surface area contributed by atoms with E-state index in [1.165, 1.54) is 6.20 Å². The molecule has 1 fully saturated rings. The van der Waals surface area contributed by atoms with Crippen molar-refractivity contribution < 1.29 is 23.0 Å². The Morgan fingerprint density at radius 2 is 2.06 bits per heavy atom. The quantitative estimate of drug-likeness (QED) is 0.537. The summed E-state index contributed by atoms with van der Waals surface area (Å²) in [4.78, 5) is 18.5. The first-order chi connectivity index (χ1) is 16.0. The van der Waals surface area contributed by atoms with Crippen molar-refractivity contribution in [3.8, 4) is 17.4 Å². The predicted molar refractivity (Wildman–Crippen MR) is 114 cm³/mol. The van der Waals surface area contributed by atoms with Crippen LogP contribution in [-0.4, -0.2) is 45.1 Å². The van der Waals surface area contributed by atoms with Gasteiger partial charge in [-0.2, -0.15) is 10.1 Å². The summed E-state index contributed by atoms with van der Waals surface area (Å²) in [6.07, 6.45) is 3.86. The van der Waals surface area contributed by atoms with Gasteiger partial charge in [-0.25, -0.2) is 13.6 Å². The number of rotatable bonds is 7. The molecule has 0 bridgehead atoms. The van der Waals surface area contributed by atoms with Crippen molar-refractivity contribution in [1.29, 1.82) is 0 Å². The van der Waals surface area contributed by atoms with E-state index in [4.69, 9.17) is 14.2 Å². The lowest BCUT2D eigenvalue weighted by Crippen LogP contribution is -2.43. The lowest BCUT2D eigenvalue weighted by molar-refractivity contribution is 0.0956. The zero-order valence-corrected chi connectivity index (χ0v) is 18.0. The Morgan fingerprint density at radius 3 is 2.85 bits per heavy atom. The third-order valence-corrected chi connectivity index (χ3v) is 5.61. The highest BCUT2D eigenvalue weighted by atomic mass is 19.1. The van der Waals surface area contributed by atoms with Gasteiger partial charge in [-0.15, -0.1) is 0 Å². The maximum atomic E-state index is 14.6. The number of halogens is 2. The van der Waals surface area contributed by atoms with Gasteiger partial charge in [0.15, 0.2) is 23.1 Å². The standard InChI is InChI=1S/C22H23F2N5O4/c1-2-3-27-11-16(9-25-27)33-21-17(23)6-14(7-18(21)24)12-32-19-8-20-28-4-5-31-13-15(28)10-29(20)22(30)26-19/h6-9,11,15H,2-5,10,12-13H2,1H3/t15-/m0/s1. The Morgan fingerprint density at radius 1 is 1.24 bits per heavy atom. The van der Waals surface area contributed by atoms with Crippen LogP contribution in [0.3, 0.4) is 0 Å². The molecule has 0 aliphatic carbocycles. The Hall–Kier alpha value is -3.47. The van der Waals surface area contributed by atoms with Crippen LogP contribution in [0.2, 0.25) is 0 Å². The zero-order chi connectivity index (χ0) is 22.9. The monoisotopic (exact) mass is 459 g/mol. The topological polar surface area (TPSA) is 83.6 Å². The highest BCUT2D eigenvalue weighted by molar-refractivity contribution is 5.47. The number of hydrogen-bond donors (Lipinski definition) is 0. The maximum Gasteiger partial charge on any atom is 0.352 e. The summed E-state index contributed by atoms with van der Waals surface area (Å²) in [5.74, 6) is -1.19. The van der Waals surface area contributed by atoms with E-state index in [9.17, 15) is 13.6 Å². The number of morpholine rings is 1. The highest BCUT2D eigenvalue weighted by Crippen LogP contribution is 2.30. The van der Waals surface area contributed by atoms with Gasteiger partial charge in [0.2, 0.25) is 5.88 Å². The lowest BCUT2D eigenvalue weighted by atomic mass is 10.2. The normalized spacial score (nSPS) is 17.1. The van der Waals surface area contributed by atoms with Gasteiger partial charge in [0, 0.05) is 19.2 Å². The number of aromatic nitrogens is 4. The molecule has 0 spiro atoms. The molecule has 11 heteroatoms. The van der Waals surface area contributed by atoms with Crippen molar-refractivity contribution in [3.63, 3.8) is 0 Å². The van der Waals surface area contributed by atoms with Crippen LogP contribution < -0.4 is 20.1 Å². The van der Waals surface area contributed by atoms with Gasteiger partial charge in [-0.3, -0.25) is 9.25 Å². The number of nitrogens with zero attached hydrogens (tertiary/aromatic N) is 5. The van der Waals surface area contributed by atoms with E-state index in [1.54, 1.807) is 21.5 Å². The van der Waals surface area contributed by atoms with Crippen molar-refractivity contribution >= 4 is 5.82 Å². The molecule has 4 heterocycles. The zero-order valence-electron chi connectivity index (χ0n) is 18.0. The molecule has 5 rings (SSSR count). The summed E-state index contributed by atoms with van der Waals surface area (Å²) in [6, 6.07) is 4.03. The van der Waals surface area contributed by atoms with Gasteiger partial charge in [-0.05, 0) is 24.1 Å². The molecule has 2 aliphatic heterocycles. The number of anilines is 1. The fraction of sp³-hybridized carbons (Fsp3) is 0.409. The molecule has 0 amide bonds. The largest absolute Gasteiger partial charge is 0.473 e. The van der Waals surface area contributed by atoms with E-state index in [-0.39, 0.29) is 29.8 Å². The van der Waals surface area contributed by atoms with Crippen LogP contribution in [0.1, 0.15) is 18.9 Å². The fourth-order valence-electron chi connectivity index (χ4n) is 4.09. The van der Waals surface area contributed by atoms with Gasteiger partial charge in [0.1, 0.15) is 12.4 Å². The summed E-state index contributed by atoms with van der Waals surface area (Å²) in [5.41, 5.74) is -0.188. The van der Waals surface area contributed by atoms with Crippen molar-refractivity contribution in [1.82, 2.24) is 19.3 Å². The smallest absolute Gasteiger partial charge is 0.352 e. The molecule has 2 aliphatic rings. The minimum absolute atomic E-state index is 0.0910. The van der Waals surface area contributed by atoms with Crippen LogP contribution in [0.15, 0.2) is 35.4 Å². The second-order valence-corrected chi connectivity index (χ2v) is 7.99. The molecule has 1 saturated heterocycles. The van der Waals surface area contributed by atoms with E-state index in [2.05, 4.69) is 15.0 Å². The van der Waals surface area contributed by atoms with E-state index < -0.39 is 23.1 Å². The molecular weight excluding hydrogens is 436 g/mol. The van der Waals surface area contributed by atoms with E-state index >= 15 is 0 Å². The highest BCUT2D eigenvalue weighted by Gasteiger charge is 2.33. The number of aryl methyl sites for hydroxylation is 1. The molecular formula is C22H23F2N5O4. The van der Waals surface area contributed by atoms with E-state index in [1.807, 2.05) is 6.92 Å². The van der Waals surface area contributed by atoms with Gasteiger partial charge < -0.3 is 19.1 Å². The molecule has 0 unspecified atom stereocenters. The third kappa shape index (κ3) is 4.28. The summed E-state index contributed by atoms with van der Waals surface area (Å²) in [6.45, 7) is 4.82. The lowest BCUT2D eigenvalue weighted by Gasteiger charge is -2.30. The molecule has 1 atom stereocenters. The number of benzene rings is 1. The Labute approximate surface area is 188 Å². The van der Waals surface area contributed by atoms with Crippen LogP contribution in [0.4, 0.5) is 14.6 Å². The molecule has 2 aromatic heterocycles. The van der Waals surface area contributed by atoms with Crippen molar-refractivity contribution in [2.75, 3.05) is 24.7 Å². The van der Waals surface area contributed by atoms with Crippen LogP contribution in [0, 0.1) is 11.6 Å². The Bertz CT molecular complexity index is 1200. The average molecular weight is 459 g/mol. The molecule has 174 valence electrons. The second kappa shape index (κ2) is 8.81. The van der Waals surface area contributed by atoms with Crippen LogP contribution in [0.5, 0.6) is 17.4 Å². The first-order valence-corrected chi connectivity index (χ1v) is 10.8. The van der Waals surface area contributed by atoms with Gasteiger partial charge >= 0.3 is 5.69 Å². The minimum atomic E-state index is -0.866. The minimum Gasteiger partial charge on any atom is -0.473 e. The first-order valence-electron chi connectivity index (χ1n) is 10.8. The second-order valence-electron chi connectivity index (χ2n) is 7.99. The summed E-state index contributed by atoms with van der Waals surface area (Å²) in [7, 11) is 0. The van der Waals surface area contributed by atoms with Gasteiger partial charge in [0.05, 0.1) is 38.2 Å². The molecule has 0 saturated carbocycles. The van der Waals surface area contributed by atoms with Crippen molar-refractivity contribution in [3.05, 3.63) is 58.3 Å². The third-order valence-electron chi connectivity index (χ3n) is 5.61. The fourth-order valence-corrected chi connectivity index (χ4v) is 4.09. The van der Waals surface area contributed by atoms with Gasteiger partial charge in [0.25, 0.3) is 0 Å². The molecule has 33 heavy (non-hydrogen) atoms. The van der Waals surface area contributed by atoms with Crippen molar-refractivity contribution in [2.24, 2.45) is 0 Å².